The molecule has 0 atom stereocenters. The van der Waals surface area contributed by atoms with Crippen molar-refractivity contribution in [3.63, 3.8) is 0 Å². The molecule has 2 rings (SSSR count). The maximum Gasteiger partial charge on any atom is 0.267 e. The van der Waals surface area contributed by atoms with Crippen molar-refractivity contribution in [3.05, 3.63) is 57.8 Å². The van der Waals surface area contributed by atoms with Crippen LogP contribution in [0.1, 0.15) is 0 Å². The summed E-state index contributed by atoms with van der Waals surface area (Å²) in [5.41, 5.74) is 1.49. The van der Waals surface area contributed by atoms with Gasteiger partial charge in [-0.15, -0.1) is 0 Å². The van der Waals surface area contributed by atoms with Crippen molar-refractivity contribution in [3.8, 4) is 11.3 Å². The van der Waals surface area contributed by atoms with Gasteiger partial charge >= 0.3 is 0 Å². The lowest BCUT2D eigenvalue weighted by Crippen LogP contribution is -2.06. The van der Waals surface area contributed by atoms with Crippen molar-refractivity contribution in [2.45, 2.75) is 0 Å². The summed E-state index contributed by atoms with van der Waals surface area (Å²) in [6.45, 7) is 0. The zero-order valence-electron chi connectivity index (χ0n) is 7.33. The Kier molecular flexibility index (Phi) is 2.37. The van der Waals surface area contributed by atoms with Gasteiger partial charge in [-0.05, 0) is 17.7 Å². The highest BCUT2D eigenvalue weighted by Crippen LogP contribution is 2.15. The van der Waals surface area contributed by atoms with E-state index in [2.05, 4.69) is 4.98 Å². The van der Waals surface area contributed by atoms with Crippen LogP contribution in [0.25, 0.3) is 11.3 Å². The van der Waals surface area contributed by atoms with E-state index in [-0.39, 0.29) is 10.6 Å². The van der Waals surface area contributed by atoms with Crippen LogP contribution in [-0.2, 0) is 0 Å². The van der Waals surface area contributed by atoms with Gasteiger partial charge < -0.3 is 4.98 Å². The van der Waals surface area contributed by atoms with Crippen molar-refractivity contribution in [1.82, 2.24) is 4.98 Å². The molecule has 70 valence electrons. The quantitative estimate of drug-likeness (QED) is 0.763. The molecule has 0 amide bonds. The Labute approximate surface area is 86.2 Å². The summed E-state index contributed by atoms with van der Waals surface area (Å²) in [5.74, 6) is 0. The van der Waals surface area contributed by atoms with Crippen LogP contribution in [-0.4, -0.2) is 4.98 Å². The predicted molar refractivity (Wildman–Crippen MR) is 57.5 cm³/mol. The molecule has 3 heteroatoms. The van der Waals surface area contributed by atoms with E-state index in [1.165, 1.54) is 0 Å². The lowest BCUT2D eigenvalue weighted by molar-refractivity contribution is 1.24. The summed E-state index contributed by atoms with van der Waals surface area (Å²) in [6.07, 6.45) is 0. The third-order valence-corrected chi connectivity index (χ3v) is 2.24. The molecule has 0 saturated heterocycles. The lowest BCUT2D eigenvalue weighted by atomic mass is 10.1. The fraction of sp³-hybridized carbons (Fsp3) is 0. The first-order valence-electron chi connectivity index (χ1n) is 4.21. The van der Waals surface area contributed by atoms with Crippen LogP contribution in [0, 0.1) is 0 Å². The summed E-state index contributed by atoms with van der Waals surface area (Å²) >= 11 is 5.62. The summed E-state index contributed by atoms with van der Waals surface area (Å²) in [6, 6.07) is 13.0. The number of halogens is 1. The molecular formula is C11H8ClNO. The van der Waals surface area contributed by atoms with Gasteiger partial charge in [0.2, 0.25) is 0 Å². The Morgan fingerprint density at radius 3 is 2.36 bits per heavy atom. The normalized spacial score (nSPS) is 10.1. The maximum absolute atomic E-state index is 11.2. The molecule has 0 aliphatic carbocycles. The van der Waals surface area contributed by atoms with Crippen molar-refractivity contribution in [1.29, 1.82) is 0 Å². The Morgan fingerprint density at radius 2 is 1.71 bits per heavy atom. The van der Waals surface area contributed by atoms with Crippen LogP contribution in [0.15, 0.2) is 47.3 Å². The molecule has 0 spiro atoms. The SMILES string of the molecule is O=c1[nH]c(-c2ccccc2)ccc1Cl. The minimum atomic E-state index is -0.256. The van der Waals surface area contributed by atoms with E-state index in [1.807, 2.05) is 30.3 Å². The van der Waals surface area contributed by atoms with Crippen LogP contribution in [0.4, 0.5) is 0 Å². The average molecular weight is 206 g/mol. The molecule has 14 heavy (non-hydrogen) atoms. The van der Waals surface area contributed by atoms with Gasteiger partial charge in [0.1, 0.15) is 5.02 Å². The van der Waals surface area contributed by atoms with Crippen molar-refractivity contribution in [2.24, 2.45) is 0 Å². The number of hydrogen-bond acceptors (Lipinski definition) is 1. The maximum atomic E-state index is 11.2. The molecule has 0 aliphatic heterocycles. The number of aromatic nitrogens is 1. The topological polar surface area (TPSA) is 32.9 Å². The highest BCUT2D eigenvalue weighted by molar-refractivity contribution is 6.30. The third kappa shape index (κ3) is 1.70. The van der Waals surface area contributed by atoms with E-state index in [1.54, 1.807) is 12.1 Å². The smallest absolute Gasteiger partial charge is 0.267 e. The first-order chi connectivity index (χ1) is 6.77. The highest BCUT2D eigenvalue weighted by atomic mass is 35.5. The van der Waals surface area contributed by atoms with E-state index >= 15 is 0 Å². The molecule has 0 fully saturated rings. The average Bonchev–Trinajstić information content (AvgIpc) is 2.23. The first kappa shape index (κ1) is 9.03. The number of nitrogens with one attached hydrogen (secondary N) is 1. The molecule has 1 aromatic heterocycles. The largest absolute Gasteiger partial charge is 0.321 e. The molecule has 0 bridgehead atoms. The van der Waals surface area contributed by atoms with Gasteiger partial charge in [-0.3, -0.25) is 4.79 Å². The number of H-pyrrole nitrogens is 1. The molecule has 0 aliphatic rings. The second-order valence-electron chi connectivity index (χ2n) is 2.92. The second kappa shape index (κ2) is 3.68. The lowest BCUT2D eigenvalue weighted by Gasteiger charge is -2.00. The van der Waals surface area contributed by atoms with E-state index in [0.29, 0.717) is 0 Å². The molecule has 1 N–H and O–H groups in total. The summed E-state index contributed by atoms with van der Waals surface area (Å²) < 4.78 is 0. The minimum Gasteiger partial charge on any atom is -0.321 e. The standard InChI is InChI=1S/C11H8ClNO/c12-9-6-7-10(13-11(9)14)8-4-2-1-3-5-8/h1-7H,(H,13,14). The Balaban J connectivity index is 2.54. The van der Waals surface area contributed by atoms with Gasteiger partial charge in [-0.25, -0.2) is 0 Å². The van der Waals surface area contributed by atoms with Gasteiger partial charge in [0.15, 0.2) is 0 Å². The number of hydrogen-bond donors (Lipinski definition) is 1. The third-order valence-electron chi connectivity index (χ3n) is 1.95. The molecule has 0 unspecified atom stereocenters. The van der Waals surface area contributed by atoms with Crippen LogP contribution in [0.5, 0.6) is 0 Å². The first-order valence-corrected chi connectivity index (χ1v) is 4.59. The zero-order valence-corrected chi connectivity index (χ0v) is 8.08. The van der Waals surface area contributed by atoms with E-state index in [9.17, 15) is 4.79 Å². The van der Waals surface area contributed by atoms with Crippen molar-refractivity contribution >= 4 is 11.6 Å². The molecule has 2 aromatic rings. The van der Waals surface area contributed by atoms with E-state index in [0.717, 1.165) is 11.3 Å². The van der Waals surface area contributed by atoms with Crippen LogP contribution < -0.4 is 5.56 Å². The highest BCUT2D eigenvalue weighted by Gasteiger charge is 1.99. The van der Waals surface area contributed by atoms with Crippen LogP contribution >= 0.6 is 11.6 Å². The van der Waals surface area contributed by atoms with Crippen LogP contribution in [0.3, 0.4) is 0 Å². The van der Waals surface area contributed by atoms with E-state index < -0.39 is 0 Å². The fourth-order valence-electron chi connectivity index (χ4n) is 1.24. The van der Waals surface area contributed by atoms with Crippen molar-refractivity contribution in [2.75, 3.05) is 0 Å². The summed E-state index contributed by atoms with van der Waals surface area (Å²) in [4.78, 5) is 13.9. The monoisotopic (exact) mass is 205 g/mol. The molecule has 0 saturated carbocycles. The summed E-state index contributed by atoms with van der Waals surface area (Å²) in [5, 5.41) is 0.213. The van der Waals surface area contributed by atoms with Gasteiger partial charge in [-0.2, -0.15) is 0 Å². The molecular weight excluding hydrogens is 198 g/mol. The number of aromatic amines is 1. The van der Waals surface area contributed by atoms with Crippen LogP contribution in [0.2, 0.25) is 5.02 Å². The Hall–Kier alpha value is -1.54. The number of pyridine rings is 1. The Morgan fingerprint density at radius 1 is 1.00 bits per heavy atom. The predicted octanol–water partition coefficient (Wildman–Crippen LogP) is 2.70. The minimum absolute atomic E-state index is 0.213. The summed E-state index contributed by atoms with van der Waals surface area (Å²) in [7, 11) is 0. The zero-order chi connectivity index (χ0) is 9.97. The molecule has 0 radical (unpaired) electrons. The molecule has 1 aromatic carbocycles. The van der Waals surface area contributed by atoms with Gasteiger partial charge in [0, 0.05) is 5.69 Å². The second-order valence-corrected chi connectivity index (χ2v) is 3.32. The van der Waals surface area contributed by atoms with Gasteiger partial charge in [-0.1, -0.05) is 41.9 Å². The van der Waals surface area contributed by atoms with Gasteiger partial charge in [0.25, 0.3) is 5.56 Å². The molecule has 1 heterocycles. The van der Waals surface area contributed by atoms with Crippen molar-refractivity contribution < 1.29 is 0 Å². The molecule has 2 nitrogen and oxygen atoms in total. The number of benzene rings is 1. The van der Waals surface area contributed by atoms with E-state index in [4.69, 9.17) is 11.6 Å². The van der Waals surface area contributed by atoms with Gasteiger partial charge in [0.05, 0.1) is 0 Å². The number of rotatable bonds is 1. The fourth-order valence-corrected chi connectivity index (χ4v) is 1.35. The Bertz CT molecular complexity index is 490.